The number of likely N-dealkylation sites (tertiary alicyclic amines) is 1. The van der Waals surface area contributed by atoms with E-state index in [0.29, 0.717) is 13.1 Å². The van der Waals surface area contributed by atoms with Crippen molar-refractivity contribution in [1.29, 1.82) is 0 Å². The van der Waals surface area contributed by atoms with Crippen molar-refractivity contribution in [3.05, 3.63) is 62.9 Å². The second kappa shape index (κ2) is 8.10. The van der Waals surface area contributed by atoms with Crippen LogP contribution >= 0.6 is 0 Å². The summed E-state index contributed by atoms with van der Waals surface area (Å²) in [5.74, 6) is 0. The Morgan fingerprint density at radius 2 is 1.80 bits per heavy atom. The third kappa shape index (κ3) is 3.64. The predicted octanol–water partition coefficient (Wildman–Crippen LogP) is 0.0416. The SMILES string of the molecule is Cc1ccc(S(=O)(=O)[C@@H]2[C@@H](N3CCCC3)[C@H](n3ccc(=O)[nH]c3=O)O[C@@H]2CO)cc1. The monoisotopic (exact) mass is 435 g/mol. The molecule has 0 radical (unpaired) electrons. The van der Waals surface area contributed by atoms with Crippen LogP contribution in [-0.4, -0.2) is 65.1 Å². The number of rotatable bonds is 5. The fourth-order valence-electron chi connectivity index (χ4n) is 4.42. The number of aryl methyl sites for hydroxylation is 1. The first-order chi connectivity index (χ1) is 14.3. The number of ether oxygens (including phenoxy) is 1. The highest BCUT2D eigenvalue weighted by atomic mass is 32.2. The Labute approximate surface area is 173 Å². The molecule has 3 heterocycles. The normalized spacial score (nSPS) is 27.5. The van der Waals surface area contributed by atoms with Gasteiger partial charge in [-0.3, -0.25) is 19.2 Å². The Hall–Kier alpha value is -2.27. The molecule has 2 saturated heterocycles. The van der Waals surface area contributed by atoms with Gasteiger partial charge in [-0.05, 0) is 45.0 Å². The van der Waals surface area contributed by atoms with Crippen LogP contribution in [0.25, 0.3) is 0 Å². The number of H-pyrrole nitrogens is 1. The number of aliphatic hydroxyl groups is 1. The lowest BCUT2D eigenvalue weighted by Gasteiger charge is -2.32. The second-order valence-corrected chi connectivity index (χ2v) is 9.93. The summed E-state index contributed by atoms with van der Waals surface area (Å²) in [4.78, 5) is 28.3. The van der Waals surface area contributed by atoms with Gasteiger partial charge >= 0.3 is 5.69 Å². The quantitative estimate of drug-likeness (QED) is 0.680. The highest BCUT2D eigenvalue weighted by molar-refractivity contribution is 7.92. The third-order valence-corrected chi connectivity index (χ3v) is 8.11. The van der Waals surface area contributed by atoms with Gasteiger partial charge < -0.3 is 9.84 Å². The molecular weight excluding hydrogens is 410 g/mol. The molecule has 0 amide bonds. The minimum atomic E-state index is -3.88. The number of hydrogen-bond donors (Lipinski definition) is 2. The zero-order chi connectivity index (χ0) is 21.5. The van der Waals surface area contributed by atoms with Crippen molar-refractivity contribution in [3.63, 3.8) is 0 Å². The molecule has 0 spiro atoms. The van der Waals surface area contributed by atoms with Gasteiger partial charge in [0, 0.05) is 12.3 Å². The van der Waals surface area contributed by atoms with E-state index in [4.69, 9.17) is 4.74 Å². The van der Waals surface area contributed by atoms with Crippen molar-refractivity contribution < 1.29 is 18.3 Å². The number of hydrogen-bond acceptors (Lipinski definition) is 7. The van der Waals surface area contributed by atoms with Crippen LogP contribution in [0.4, 0.5) is 0 Å². The average Bonchev–Trinajstić information content (AvgIpc) is 3.36. The maximum absolute atomic E-state index is 13.6. The van der Waals surface area contributed by atoms with E-state index in [1.807, 2.05) is 11.8 Å². The first-order valence-corrected chi connectivity index (χ1v) is 11.5. The van der Waals surface area contributed by atoms with E-state index in [-0.39, 0.29) is 4.90 Å². The molecular formula is C20H25N3O6S. The number of benzene rings is 1. The van der Waals surface area contributed by atoms with Crippen molar-refractivity contribution in [2.75, 3.05) is 19.7 Å². The number of nitrogens with zero attached hydrogens (tertiary/aromatic N) is 2. The molecule has 4 atom stereocenters. The minimum Gasteiger partial charge on any atom is -0.394 e. The molecule has 30 heavy (non-hydrogen) atoms. The Bertz CT molecular complexity index is 1120. The van der Waals surface area contributed by atoms with Crippen LogP contribution in [0.2, 0.25) is 0 Å². The summed E-state index contributed by atoms with van der Waals surface area (Å²) in [7, 11) is -3.88. The molecule has 0 saturated carbocycles. The summed E-state index contributed by atoms with van der Waals surface area (Å²) in [6, 6.07) is 7.08. The lowest BCUT2D eigenvalue weighted by Crippen LogP contribution is -2.50. The van der Waals surface area contributed by atoms with Crippen molar-refractivity contribution in [3.8, 4) is 0 Å². The number of aliphatic hydroxyl groups excluding tert-OH is 1. The van der Waals surface area contributed by atoms with E-state index >= 15 is 0 Å². The molecule has 0 bridgehead atoms. The van der Waals surface area contributed by atoms with E-state index in [0.717, 1.165) is 18.4 Å². The highest BCUT2D eigenvalue weighted by Gasteiger charge is 2.54. The van der Waals surface area contributed by atoms with Gasteiger partial charge in [-0.15, -0.1) is 0 Å². The minimum absolute atomic E-state index is 0.152. The molecule has 1 aromatic carbocycles. The van der Waals surface area contributed by atoms with Gasteiger partial charge in [0.25, 0.3) is 5.56 Å². The van der Waals surface area contributed by atoms with Crippen molar-refractivity contribution in [2.45, 2.75) is 48.3 Å². The summed E-state index contributed by atoms with van der Waals surface area (Å²) < 4.78 is 34.4. The molecule has 4 rings (SSSR count). The Kier molecular flexibility index (Phi) is 5.67. The van der Waals surface area contributed by atoms with Crippen LogP contribution in [0.1, 0.15) is 24.6 Å². The standard InChI is InChI=1S/C20H25N3O6S/c1-13-4-6-14(7-5-13)30(27,28)18-15(12-24)29-19(17(18)22-9-2-3-10-22)23-11-8-16(25)21-20(23)26/h4-8,11,15,17-19,24H,2-3,9-10,12H2,1H3,(H,21,25,26)/t15-,17-,18+,19-/m1/s1. The van der Waals surface area contributed by atoms with E-state index in [1.165, 1.54) is 16.8 Å². The number of aromatic amines is 1. The predicted molar refractivity (Wildman–Crippen MR) is 109 cm³/mol. The molecule has 9 nitrogen and oxygen atoms in total. The molecule has 10 heteroatoms. The molecule has 2 N–H and O–H groups in total. The number of aromatic nitrogens is 2. The van der Waals surface area contributed by atoms with Gasteiger partial charge in [0.15, 0.2) is 16.1 Å². The second-order valence-electron chi connectivity index (χ2n) is 7.82. The number of sulfone groups is 1. The summed E-state index contributed by atoms with van der Waals surface area (Å²) in [6.07, 6.45) is 1.17. The lowest BCUT2D eigenvalue weighted by atomic mass is 10.1. The van der Waals surface area contributed by atoms with E-state index < -0.39 is 51.3 Å². The zero-order valence-electron chi connectivity index (χ0n) is 16.6. The summed E-state index contributed by atoms with van der Waals surface area (Å²) in [5.41, 5.74) is -0.291. The highest BCUT2D eigenvalue weighted by Crippen LogP contribution is 2.39. The van der Waals surface area contributed by atoms with Crippen molar-refractivity contribution in [1.82, 2.24) is 14.5 Å². The van der Waals surface area contributed by atoms with Crippen molar-refractivity contribution >= 4 is 9.84 Å². The van der Waals surface area contributed by atoms with Crippen LogP contribution in [0.3, 0.4) is 0 Å². The van der Waals surface area contributed by atoms with Crippen molar-refractivity contribution in [2.24, 2.45) is 0 Å². The summed E-state index contributed by atoms with van der Waals surface area (Å²) in [6.45, 7) is 2.70. The molecule has 1 aromatic heterocycles. The van der Waals surface area contributed by atoms with Crippen LogP contribution in [-0.2, 0) is 14.6 Å². The van der Waals surface area contributed by atoms with E-state index in [9.17, 15) is 23.1 Å². The molecule has 162 valence electrons. The van der Waals surface area contributed by atoms with Gasteiger partial charge in [0.2, 0.25) is 0 Å². The Balaban J connectivity index is 1.83. The van der Waals surface area contributed by atoms with Crippen LogP contribution in [0, 0.1) is 6.92 Å². The molecule has 2 aliphatic rings. The number of nitrogens with one attached hydrogen (secondary N) is 1. The van der Waals surface area contributed by atoms with E-state index in [1.54, 1.807) is 24.3 Å². The summed E-state index contributed by atoms with van der Waals surface area (Å²) >= 11 is 0. The molecule has 2 fully saturated rings. The third-order valence-electron chi connectivity index (χ3n) is 5.88. The Morgan fingerprint density at radius 1 is 1.13 bits per heavy atom. The smallest absolute Gasteiger partial charge is 0.330 e. The van der Waals surface area contributed by atoms with Gasteiger partial charge in [-0.1, -0.05) is 17.7 Å². The van der Waals surface area contributed by atoms with E-state index in [2.05, 4.69) is 4.98 Å². The van der Waals surface area contributed by atoms with Crippen LogP contribution in [0.15, 0.2) is 51.0 Å². The molecule has 2 aromatic rings. The fraction of sp³-hybridized carbons (Fsp3) is 0.500. The lowest BCUT2D eigenvalue weighted by molar-refractivity contribution is -0.0412. The van der Waals surface area contributed by atoms with Crippen LogP contribution in [0.5, 0.6) is 0 Å². The maximum Gasteiger partial charge on any atom is 0.330 e. The zero-order valence-corrected chi connectivity index (χ0v) is 17.4. The molecule has 2 aliphatic heterocycles. The maximum atomic E-state index is 13.6. The Morgan fingerprint density at radius 3 is 2.40 bits per heavy atom. The average molecular weight is 436 g/mol. The topological polar surface area (TPSA) is 122 Å². The van der Waals surface area contributed by atoms with Gasteiger partial charge in [0.05, 0.1) is 17.5 Å². The van der Waals surface area contributed by atoms with Gasteiger partial charge in [-0.2, -0.15) is 0 Å². The first-order valence-electron chi connectivity index (χ1n) is 9.95. The molecule has 0 unspecified atom stereocenters. The molecule has 0 aliphatic carbocycles. The van der Waals surface area contributed by atoms with Gasteiger partial charge in [-0.25, -0.2) is 13.2 Å². The first kappa shape index (κ1) is 21.0. The largest absolute Gasteiger partial charge is 0.394 e. The fourth-order valence-corrected chi connectivity index (χ4v) is 6.47. The van der Waals surface area contributed by atoms with Crippen LogP contribution < -0.4 is 11.2 Å². The van der Waals surface area contributed by atoms with Gasteiger partial charge in [0.1, 0.15) is 11.4 Å². The summed E-state index contributed by atoms with van der Waals surface area (Å²) in [5, 5.41) is 8.91.